The molecule has 7 nitrogen and oxygen atoms in total. The van der Waals surface area contributed by atoms with Gasteiger partial charge >= 0.3 is 6.03 Å². The number of rotatable bonds is 6. The Balaban J connectivity index is 1.88. The van der Waals surface area contributed by atoms with Gasteiger partial charge in [0.2, 0.25) is 5.91 Å². The summed E-state index contributed by atoms with van der Waals surface area (Å²) in [5.41, 5.74) is 7.77. The van der Waals surface area contributed by atoms with Crippen molar-refractivity contribution in [3.63, 3.8) is 0 Å². The molecule has 3 amide bonds. The van der Waals surface area contributed by atoms with Crippen LogP contribution in [0, 0.1) is 0 Å². The molecule has 112 valence electrons. The molecule has 0 saturated carbocycles. The second kappa shape index (κ2) is 7.28. The summed E-state index contributed by atoms with van der Waals surface area (Å²) < 4.78 is 5.68. The van der Waals surface area contributed by atoms with Crippen molar-refractivity contribution in [3.05, 3.63) is 29.8 Å². The van der Waals surface area contributed by atoms with Crippen LogP contribution in [0.4, 0.5) is 4.79 Å². The van der Waals surface area contributed by atoms with Gasteiger partial charge in [0.05, 0.1) is 12.8 Å². The van der Waals surface area contributed by atoms with Crippen molar-refractivity contribution >= 4 is 18.2 Å². The molecule has 21 heavy (non-hydrogen) atoms. The molecule has 2 rings (SSSR count). The number of hydrogen-bond donors (Lipinski definition) is 2. The lowest BCUT2D eigenvalue weighted by Crippen LogP contribution is -2.29. The molecule has 0 aliphatic carbocycles. The number of carbonyl (C=O) groups excluding carboxylic acids is 2. The van der Waals surface area contributed by atoms with Crippen molar-refractivity contribution in [3.8, 4) is 5.75 Å². The number of benzene rings is 1. The van der Waals surface area contributed by atoms with E-state index in [2.05, 4.69) is 10.5 Å². The molecule has 0 unspecified atom stereocenters. The number of hydrazone groups is 1. The average Bonchev–Trinajstić information content (AvgIpc) is 2.86. The van der Waals surface area contributed by atoms with Gasteiger partial charge in [-0.25, -0.2) is 10.2 Å². The number of primary amides is 1. The Kier molecular flexibility index (Phi) is 5.14. The van der Waals surface area contributed by atoms with Gasteiger partial charge in [-0.05, 0) is 18.6 Å². The van der Waals surface area contributed by atoms with E-state index in [4.69, 9.17) is 10.5 Å². The molecule has 1 aliphatic rings. The molecule has 0 atom stereocenters. The smallest absolute Gasteiger partial charge is 0.332 e. The predicted octanol–water partition coefficient (Wildman–Crippen LogP) is 0.690. The Labute approximate surface area is 122 Å². The van der Waals surface area contributed by atoms with Crippen LogP contribution in [0.25, 0.3) is 0 Å². The van der Waals surface area contributed by atoms with Crippen molar-refractivity contribution in [2.75, 3.05) is 19.7 Å². The summed E-state index contributed by atoms with van der Waals surface area (Å²) in [4.78, 5) is 23.8. The van der Waals surface area contributed by atoms with Crippen molar-refractivity contribution in [1.82, 2.24) is 10.3 Å². The van der Waals surface area contributed by atoms with E-state index in [1.165, 1.54) is 6.21 Å². The Morgan fingerprint density at radius 3 is 3.00 bits per heavy atom. The zero-order chi connectivity index (χ0) is 15.1. The Hall–Kier alpha value is -2.57. The summed E-state index contributed by atoms with van der Waals surface area (Å²) in [7, 11) is 0. The first-order valence-electron chi connectivity index (χ1n) is 6.75. The van der Waals surface area contributed by atoms with Gasteiger partial charge in [0.25, 0.3) is 0 Å². The number of ether oxygens (including phenoxy) is 1. The quantitative estimate of drug-likeness (QED) is 0.596. The average molecular weight is 290 g/mol. The molecule has 7 heteroatoms. The number of nitrogens with two attached hydrogens (primary N) is 1. The normalized spacial score (nSPS) is 14.7. The first-order chi connectivity index (χ1) is 10.2. The molecule has 1 fully saturated rings. The van der Waals surface area contributed by atoms with Crippen molar-refractivity contribution in [2.24, 2.45) is 10.8 Å². The summed E-state index contributed by atoms with van der Waals surface area (Å²) in [6, 6.07) is 6.56. The molecule has 0 spiro atoms. The van der Waals surface area contributed by atoms with E-state index in [9.17, 15) is 9.59 Å². The highest BCUT2D eigenvalue weighted by Crippen LogP contribution is 2.16. The topological polar surface area (TPSA) is 97.0 Å². The van der Waals surface area contributed by atoms with Gasteiger partial charge in [-0.2, -0.15) is 5.10 Å². The van der Waals surface area contributed by atoms with Crippen LogP contribution < -0.4 is 15.9 Å². The maximum Gasteiger partial charge on any atom is 0.332 e. The third kappa shape index (κ3) is 4.48. The molecule has 0 bridgehead atoms. The van der Waals surface area contributed by atoms with Crippen LogP contribution in [0.2, 0.25) is 0 Å². The van der Waals surface area contributed by atoms with E-state index < -0.39 is 6.03 Å². The molecule has 1 aromatic carbocycles. The number of hydrogen-bond acceptors (Lipinski definition) is 4. The number of para-hydroxylation sites is 1. The number of likely N-dealkylation sites (tertiary alicyclic amines) is 1. The molecule has 1 aliphatic heterocycles. The van der Waals surface area contributed by atoms with E-state index in [0.717, 1.165) is 18.5 Å². The van der Waals surface area contributed by atoms with Crippen LogP contribution >= 0.6 is 0 Å². The highest BCUT2D eigenvalue weighted by molar-refractivity contribution is 5.84. The molecule has 0 aromatic heterocycles. The SMILES string of the molecule is NC(=O)NN=Cc1ccccc1OCCN1CCCC1=O. The predicted molar refractivity (Wildman–Crippen MR) is 78.1 cm³/mol. The van der Waals surface area contributed by atoms with E-state index >= 15 is 0 Å². The lowest BCUT2D eigenvalue weighted by molar-refractivity contribution is -0.128. The number of urea groups is 1. The summed E-state index contributed by atoms with van der Waals surface area (Å²) in [6.45, 7) is 1.79. The van der Waals surface area contributed by atoms with Crippen LogP contribution in [-0.4, -0.2) is 42.7 Å². The highest BCUT2D eigenvalue weighted by atomic mass is 16.5. The van der Waals surface area contributed by atoms with Gasteiger partial charge in [-0.1, -0.05) is 12.1 Å². The number of amides is 3. The van der Waals surface area contributed by atoms with Crippen LogP contribution in [0.5, 0.6) is 5.75 Å². The minimum absolute atomic E-state index is 0.180. The summed E-state index contributed by atoms with van der Waals surface area (Å²) in [5, 5.41) is 3.71. The second-order valence-corrected chi connectivity index (χ2v) is 4.60. The lowest BCUT2D eigenvalue weighted by Gasteiger charge is -2.16. The summed E-state index contributed by atoms with van der Waals surface area (Å²) >= 11 is 0. The van der Waals surface area contributed by atoms with Crippen molar-refractivity contribution in [1.29, 1.82) is 0 Å². The van der Waals surface area contributed by atoms with Gasteiger partial charge in [0.15, 0.2) is 0 Å². The van der Waals surface area contributed by atoms with Gasteiger partial charge < -0.3 is 15.4 Å². The molecule has 3 N–H and O–H groups in total. The van der Waals surface area contributed by atoms with E-state index in [1.54, 1.807) is 11.0 Å². The summed E-state index contributed by atoms with van der Waals surface area (Å²) in [5.74, 6) is 0.818. The Morgan fingerprint density at radius 1 is 1.48 bits per heavy atom. The number of nitrogens with zero attached hydrogens (tertiary/aromatic N) is 2. The molecular weight excluding hydrogens is 272 g/mol. The van der Waals surface area contributed by atoms with Crippen LogP contribution in [-0.2, 0) is 4.79 Å². The fourth-order valence-electron chi connectivity index (χ4n) is 2.09. The van der Waals surface area contributed by atoms with Crippen LogP contribution in [0.1, 0.15) is 18.4 Å². The molecular formula is C14H18N4O3. The first-order valence-corrected chi connectivity index (χ1v) is 6.75. The van der Waals surface area contributed by atoms with Crippen LogP contribution in [0.3, 0.4) is 0 Å². The minimum atomic E-state index is -0.725. The monoisotopic (exact) mass is 290 g/mol. The first kappa shape index (κ1) is 14.8. The Bertz CT molecular complexity index is 545. The van der Waals surface area contributed by atoms with E-state index in [0.29, 0.717) is 25.3 Å². The van der Waals surface area contributed by atoms with E-state index in [1.807, 2.05) is 18.2 Å². The third-order valence-corrected chi connectivity index (χ3v) is 3.09. The fraction of sp³-hybridized carbons (Fsp3) is 0.357. The molecule has 0 radical (unpaired) electrons. The maximum absolute atomic E-state index is 11.5. The zero-order valence-corrected chi connectivity index (χ0v) is 11.6. The van der Waals surface area contributed by atoms with Gasteiger partial charge in [0.1, 0.15) is 12.4 Å². The van der Waals surface area contributed by atoms with Gasteiger partial charge in [-0.15, -0.1) is 0 Å². The highest BCUT2D eigenvalue weighted by Gasteiger charge is 2.19. The Morgan fingerprint density at radius 2 is 2.29 bits per heavy atom. The largest absolute Gasteiger partial charge is 0.491 e. The minimum Gasteiger partial charge on any atom is -0.491 e. The summed E-state index contributed by atoms with van der Waals surface area (Å²) in [6.07, 6.45) is 3.00. The van der Waals surface area contributed by atoms with Gasteiger partial charge in [0, 0.05) is 18.5 Å². The molecule has 1 saturated heterocycles. The molecule has 1 heterocycles. The maximum atomic E-state index is 11.5. The third-order valence-electron chi connectivity index (χ3n) is 3.09. The zero-order valence-electron chi connectivity index (χ0n) is 11.6. The van der Waals surface area contributed by atoms with Crippen molar-refractivity contribution < 1.29 is 14.3 Å². The number of carbonyl (C=O) groups is 2. The van der Waals surface area contributed by atoms with Crippen molar-refractivity contribution in [2.45, 2.75) is 12.8 Å². The number of nitrogens with one attached hydrogen (secondary N) is 1. The van der Waals surface area contributed by atoms with Gasteiger partial charge in [-0.3, -0.25) is 4.79 Å². The second-order valence-electron chi connectivity index (χ2n) is 4.60. The van der Waals surface area contributed by atoms with E-state index in [-0.39, 0.29) is 5.91 Å². The van der Waals surface area contributed by atoms with Crippen LogP contribution in [0.15, 0.2) is 29.4 Å². The molecule has 1 aromatic rings. The lowest BCUT2D eigenvalue weighted by atomic mass is 10.2. The standard InChI is InChI=1S/C14H18N4O3/c15-14(20)17-16-10-11-4-1-2-5-12(11)21-9-8-18-7-3-6-13(18)19/h1-2,4-5,10H,3,6-9H2,(H3,15,17,20). The fourth-order valence-corrected chi connectivity index (χ4v) is 2.09.